The van der Waals surface area contributed by atoms with Crippen molar-refractivity contribution in [1.29, 1.82) is 0 Å². The molecule has 9 nitrogen and oxygen atoms in total. The molecular weight excluding hydrogens is 983 g/mol. The summed E-state index contributed by atoms with van der Waals surface area (Å²) in [5.74, 6) is -2.39. The first-order chi connectivity index (χ1) is 38.6. The molecule has 2 unspecified atom stereocenters. The second-order valence-corrected chi connectivity index (χ2v) is 20.9. The van der Waals surface area contributed by atoms with Crippen LogP contribution in [0.5, 0.6) is 0 Å². The van der Waals surface area contributed by atoms with E-state index in [1.807, 2.05) is 27.2 Å². The van der Waals surface area contributed by atoms with Crippen molar-refractivity contribution >= 4 is 17.9 Å². The fourth-order valence-corrected chi connectivity index (χ4v) is 7.65. The van der Waals surface area contributed by atoms with Crippen molar-refractivity contribution in [1.82, 2.24) is 0 Å². The lowest BCUT2D eigenvalue weighted by Gasteiger charge is -2.26. The van der Waals surface area contributed by atoms with Gasteiger partial charge in [0, 0.05) is 12.8 Å². The molecule has 0 heterocycles. The van der Waals surface area contributed by atoms with Crippen LogP contribution in [-0.4, -0.2) is 82.3 Å². The van der Waals surface area contributed by atoms with Crippen LogP contribution in [0.1, 0.15) is 206 Å². The summed E-state index contributed by atoms with van der Waals surface area (Å²) in [7, 11) is 5.89. The zero-order chi connectivity index (χ0) is 57.6. The van der Waals surface area contributed by atoms with Gasteiger partial charge in [-0.3, -0.25) is 9.59 Å². The van der Waals surface area contributed by atoms with Gasteiger partial charge >= 0.3 is 11.9 Å². The van der Waals surface area contributed by atoms with E-state index in [1.54, 1.807) is 0 Å². The highest BCUT2D eigenvalue weighted by Crippen LogP contribution is 2.14. The number of allylic oxidation sites excluding steroid dienone is 26. The normalized spacial score (nSPS) is 13.9. The summed E-state index contributed by atoms with van der Waals surface area (Å²) in [5.41, 5.74) is 0. The number of likely N-dealkylation sites (N-methyl/N-ethyl adjacent to an activating group) is 1. The van der Waals surface area contributed by atoms with E-state index < -0.39 is 24.3 Å². The lowest BCUT2D eigenvalue weighted by molar-refractivity contribution is -0.870. The molecule has 2 atom stereocenters. The molecule has 0 rings (SSSR count). The summed E-state index contributed by atoms with van der Waals surface area (Å²) in [4.78, 5) is 37.3. The lowest BCUT2D eigenvalue weighted by Crippen LogP contribution is -2.44. The van der Waals surface area contributed by atoms with E-state index in [4.69, 9.17) is 18.9 Å². The topological polar surface area (TPSA) is 111 Å². The van der Waals surface area contributed by atoms with Crippen LogP contribution in [0, 0.1) is 0 Å². The quantitative estimate of drug-likeness (QED) is 0.0195. The summed E-state index contributed by atoms with van der Waals surface area (Å²) in [6, 6.07) is 0. The van der Waals surface area contributed by atoms with Crippen molar-refractivity contribution in [3.63, 3.8) is 0 Å². The first kappa shape index (κ1) is 73.9. The molecular formula is C70H111NO8. The van der Waals surface area contributed by atoms with Crippen molar-refractivity contribution in [2.45, 2.75) is 219 Å². The standard InChI is InChI=1S/C70H111NO8/c1-6-8-10-12-14-16-18-20-22-24-26-28-30-31-32-33-34-35-36-37-39-40-42-44-46-48-50-52-54-56-58-60-67(72)77-64-66(65-78-70(69(74)75)76-63-62-71(3,4)5)79-68(73)61-59-57-55-53-51-49-47-45-43-41-38-29-27-25-23-21-19-17-15-13-11-9-7-2/h8-11,14-17,20-23,26-29,31-32,34-35,41,43,47,49,53,55,66,70H,6-7,12-13,18-19,24-25,30,33,36-40,42,44-46,48,50-52,54,56-65H2,1-5H3/b10-8-,11-9-,16-14-,17-15-,22-20-,23-21-,28-26-,29-27-,32-31-,35-34-,43-41-,49-47-,55-53-. The Morgan fingerprint density at radius 1 is 0.380 bits per heavy atom. The molecule has 0 fully saturated rings. The van der Waals surface area contributed by atoms with Gasteiger partial charge in [-0.1, -0.05) is 236 Å². The lowest BCUT2D eigenvalue weighted by atomic mass is 10.0. The predicted molar refractivity (Wildman–Crippen MR) is 333 cm³/mol. The van der Waals surface area contributed by atoms with Crippen LogP contribution >= 0.6 is 0 Å². The van der Waals surface area contributed by atoms with E-state index in [0.717, 1.165) is 109 Å². The second-order valence-electron chi connectivity index (χ2n) is 20.9. The highest BCUT2D eigenvalue weighted by molar-refractivity contribution is 5.70. The largest absolute Gasteiger partial charge is 0.545 e. The summed E-state index contributed by atoms with van der Waals surface area (Å²) >= 11 is 0. The minimum Gasteiger partial charge on any atom is -0.545 e. The van der Waals surface area contributed by atoms with Gasteiger partial charge in [-0.25, -0.2) is 0 Å². The Morgan fingerprint density at radius 2 is 0.696 bits per heavy atom. The molecule has 0 saturated heterocycles. The first-order valence-corrected chi connectivity index (χ1v) is 30.6. The third-order valence-corrected chi connectivity index (χ3v) is 12.3. The summed E-state index contributed by atoms with van der Waals surface area (Å²) in [6.07, 6.45) is 84.5. The molecule has 0 aliphatic rings. The number of quaternary nitrogens is 1. The van der Waals surface area contributed by atoms with Crippen molar-refractivity contribution in [2.24, 2.45) is 0 Å². The number of rotatable bonds is 54. The zero-order valence-corrected chi connectivity index (χ0v) is 50.4. The Balaban J connectivity index is 4.31. The fraction of sp³-hybridized carbons (Fsp3) is 0.586. The molecule has 0 aromatic carbocycles. The van der Waals surface area contributed by atoms with E-state index in [2.05, 4.69) is 166 Å². The molecule has 79 heavy (non-hydrogen) atoms. The van der Waals surface area contributed by atoms with Gasteiger partial charge in [0.05, 0.1) is 40.3 Å². The minimum atomic E-state index is -1.65. The van der Waals surface area contributed by atoms with Crippen LogP contribution in [0.2, 0.25) is 0 Å². The molecule has 0 aliphatic heterocycles. The van der Waals surface area contributed by atoms with E-state index in [0.29, 0.717) is 23.9 Å². The molecule has 0 aromatic rings. The van der Waals surface area contributed by atoms with Gasteiger partial charge in [-0.2, -0.15) is 0 Å². The molecule has 444 valence electrons. The Labute approximate surface area is 483 Å². The number of aliphatic carboxylic acids is 1. The van der Waals surface area contributed by atoms with E-state index in [-0.39, 0.29) is 38.6 Å². The Kier molecular flexibility index (Phi) is 55.2. The maximum absolute atomic E-state index is 12.9. The molecule has 9 heteroatoms. The van der Waals surface area contributed by atoms with Gasteiger partial charge < -0.3 is 33.3 Å². The monoisotopic (exact) mass is 1090 g/mol. The number of carbonyl (C=O) groups is 3. The molecule has 0 saturated carbocycles. The first-order valence-electron chi connectivity index (χ1n) is 30.6. The summed E-state index contributed by atoms with van der Waals surface area (Å²) in [6.45, 7) is 4.43. The number of esters is 2. The van der Waals surface area contributed by atoms with Crippen molar-refractivity contribution in [3.05, 3.63) is 158 Å². The zero-order valence-electron chi connectivity index (χ0n) is 50.4. The van der Waals surface area contributed by atoms with Crippen molar-refractivity contribution in [2.75, 3.05) is 47.5 Å². The Bertz CT molecular complexity index is 1850. The maximum Gasteiger partial charge on any atom is 0.306 e. The molecule has 0 aromatic heterocycles. The van der Waals surface area contributed by atoms with Crippen LogP contribution in [0.3, 0.4) is 0 Å². The van der Waals surface area contributed by atoms with Gasteiger partial charge in [-0.05, 0) is 116 Å². The number of ether oxygens (including phenoxy) is 4. The van der Waals surface area contributed by atoms with Gasteiger partial charge in [0.2, 0.25) is 0 Å². The van der Waals surface area contributed by atoms with Crippen LogP contribution < -0.4 is 5.11 Å². The third kappa shape index (κ3) is 60.4. The number of carbonyl (C=O) groups excluding carboxylic acids is 3. The van der Waals surface area contributed by atoms with E-state index >= 15 is 0 Å². The van der Waals surface area contributed by atoms with Gasteiger partial charge in [0.1, 0.15) is 13.2 Å². The fourth-order valence-electron chi connectivity index (χ4n) is 7.65. The number of nitrogens with zero attached hydrogens (tertiary/aromatic N) is 1. The molecule has 0 amide bonds. The predicted octanol–water partition coefficient (Wildman–Crippen LogP) is 17.2. The van der Waals surface area contributed by atoms with E-state index in [9.17, 15) is 19.5 Å². The number of carboxylic acid groups (broad SMARTS) is 1. The maximum atomic E-state index is 12.9. The number of carboxylic acids is 1. The number of unbranched alkanes of at least 4 members (excludes halogenated alkanes) is 13. The Hall–Kier alpha value is -5.09. The third-order valence-electron chi connectivity index (χ3n) is 12.3. The Morgan fingerprint density at radius 3 is 1.05 bits per heavy atom. The number of hydrogen-bond acceptors (Lipinski definition) is 8. The average molecular weight is 1090 g/mol. The average Bonchev–Trinajstić information content (AvgIpc) is 3.42. The minimum absolute atomic E-state index is 0.127. The molecule has 0 spiro atoms. The number of hydrogen-bond donors (Lipinski definition) is 0. The SMILES string of the molecule is CC/C=C\C/C=C\C/C=C\C/C=C\C/C=C\C/C=C\C/C=C\CCCC(=O)OC(COC(=O)CCCCCCCCCCCCCC/C=C\C/C=C\C/C=C\C/C=C\C/C=C\C/C=C\CC)COC(OCC[N+](C)(C)C)C(=O)[O-]. The molecule has 0 N–H and O–H groups in total. The van der Waals surface area contributed by atoms with Crippen LogP contribution in [0.15, 0.2) is 158 Å². The smallest absolute Gasteiger partial charge is 0.306 e. The van der Waals surface area contributed by atoms with Crippen LogP contribution in [-0.2, 0) is 33.3 Å². The molecule has 0 radical (unpaired) electrons. The van der Waals surface area contributed by atoms with Crippen LogP contribution in [0.25, 0.3) is 0 Å². The highest BCUT2D eigenvalue weighted by Gasteiger charge is 2.21. The summed E-state index contributed by atoms with van der Waals surface area (Å²) in [5, 5.41) is 11.8. The van der Waals surface area contributed by atoms with Gasteiger partial charge in [-0.15, -0.1) is 0 Å². The van der Waals surface area contributed by atoms with Gasteiger partial charge in [0.15, 0.2) is 12.4 Å². The van der Waals surface area contributed by atoms with Gasteiger partial charge in [0.25, 0.3) is 0 Å². The second kappa shape index (κ2) is 59.0. The highest BCUT2D eigenvalue weighted by atomic mass is 16.7. The summed E-state index contributed by atoms with van der Waals surface area (Å²) < 4.78 is 22.6. The van der Waals surface area contributed by atoms with Crippen molar-refractivity contribution in [3.8, 4) is 0 Å². The molecule has 0 bridgehead atoms. The van der Waals surface area contributed by atoms with E-state index in [1.165, 1.54) is 57.8 Å². The molecule has 0 aliphatic carbocycles. The van der Waals surface area contributed by atoms with Crippen molar-refractivity contribution < 1.29 is 42.9 Å². The van der Waals surface area contributed by atoms with Crippen LogP contribution in [0.4, 0.5) is 0 Å².